The highest BCUT2D eigenvalue weighted by Gasteiger charge is 2.23. The number of benzene rings is 1. The molecule has 0 spiro atoms. The minimum absolute atomic E-state index is 0.0170. The van der Waals surface area contributed by atoms with Gasteiger partial charge in [0.25, 0.3) is 0 Å². The van der Waals surface area contributed by atoms with Crippen LogP contribution in [-0.4, -0.2) is 29.2 Å². The second-order valence-corrected chi connectivity index (χ2v) is 5.58. The van der Waals surface area contributed by atoms with Gasteiger partial charge in [0.1, 0.15) is 0 Å². The number of amides is 1. The number of hydrogen-bond donors (Lipinski definition) is 0. The first kappa shape index (κ1) is 14.4. The van der Waals surface area contributed by atoms with Crippen LogP contribution in [0.15, 0.2) is 18.2 Å². The lowest BCUT2D eigenvalue weighted by Crippen LogP contribution is -2.41. The lowest BCUT2D eigenvalue weighted by Gasteiger charge is -2.32. The average molecular weight is 332 g/mol. The summed E-state index contributed by atoms with van der Waals surface area (Å²) in [6.07, 6.45) is 2.26. The van der Waals surface area contributed by atoms with E-state index in [4.69, 9.17) is 0 Å². The molecule has 0 radical (unpaired) electrons. The molecule has 0 bridgehead atoms. The lowest BCUT2D eigenvalue weighted by molar-refractivity contribution is -0.132. The van der Waals surface area contributed by atoms with Gasteiger partial charge in [0, 0.05) is 18.4 Å². The van der Waals surface area contributed by atoms with E-state index in [0.717, 1.165) is 43.4 Å². The zero-order valence-corrected chi connectivity index (χ0v) is 12.1. The fourth-order valence-corrected chi connectivity index (χ4v) is 2.88. The van der Waals surface area contributed by atoms with Gasteiger partial charge in [-0.1, -0.05) is 22.0 Å². The number of carbonyl (C=O) groups excluding carboxylic acids is 1. The third-order valence-electron chi connectivity index (χ3n) is 3.43. The Kier molecular flexibility index (Phi) is 4.91. The zero-order chi connectivity index (χ0) is 13.8. The normalized spacial score (nSPS) is 19.5. The molecule has 5 heteroatoms. The maximum absolute atomic E-state index is 13.1. The van der Waals surface area contributed by atoms with Crippen molar-refractivity contribution in [3.63, 3.8) is 0 Å². The second kappa shape index (κ2) is 6.46. The van der Waals surface area contributed by atoms with Gasteiger partial charge in [-0.25, -0.2) is 8.78 Å². The Balaban J connectivity index is 1.98. The molecule has 0 saturated carbocycles. The third kappa shape index (κ3) is 3.75. The van der Waals surface area contributed by atoms with E-state index in [-0.39, 0.29) is 12.3 Å². The number of hydrogen-bond acceptors (Lipinski definition) is 1. The second-order valence-electron chi connectivity index (χ2n) is 4.93. The Labute approximate surface area is 119 Å². The molecule has 1 aromatic rings. The van der Waals surface area contributed by atoms with Crippen LogP contribution in [0.1, 0.15) is 18.4 Å². The summed E-state index contributed by atoms with van der Waals surface area (Å²) in [4.78, 5) is 13.9. The summed E-state index contributed by atoms with van der Waals surface area (Å²) in [6.45, 7) is 1.50. The minimum atomic E-state index is -0.901. The average Bonchev–Trinajstić information content (AvgIpc) is 2.43. The minimum Gasteiger partial charge on any atom is -0.342 e. The van der Waals surface area contributed by atoms with Crippen LogP contribution in [0.25, 0.3) is 0 Å². The molecule has 19 heavy (non-hydrogen) atoms. The van der Waals surface area contributed by atoms with Crippen LogP contribution in [0.5, 0.6) is 0 Å². The van der Waals surface area contributed by atoms with Gasteiger partial charge in [-0.3, -0.25) is 4.79 Å². The monoisotopic (exact) mass is 331 g/mol. The summed E-state index contributed by atoms with van der Waals surface area (Å²) >= 11 is 3.44. The van der Waals surface area contributed by atoms with Gasteiger partial charge in [-0.2, -0.15) is 0 Å². The van der Waals surface area contributed by atoms with Gasteiger partial charge in [0.05, 0.1) is 6.42 Å². The van der Waals surface area contributed by atoms with E-state index in [2.05, 4.69) is 15.9 Å². The van der Waals surface area contributed by atoms with Crippen LogP contribution in [0.3, 0.4) is 0 Å². The Morgan fingerprint density at radius 2 is 2.16 bits per heavy atom. The highest BCUT2D eigenvalue weighted by molar-refractivity contribution is 9.09. The SMILES string of the molecule is O=C(Cc1ccc(F)c(F)c1)N1CCCC(CBr)C1. The molecule has 1 heterocycles. The van der Waals surface area contributed by atoms with Crippen LogP contribution in [-0.2, 0) is 11.2 Å². The van der Waals surface area contributed by atoms with Crippen molar-refractivity contribution in [3.8, 4) is 0 Å². The summed E-state index contributed by atoms with van der Waals surface area (Å²) in [7, 11) is 0. The van der Waals surface area contributed by atoms with Gasteiger partial charge in [-0.05, 0) is 36.5 Å². The zero-order valence-electron chi connectivity index (χ0n) is 10.5. The third-order valence-corrected chi connectivity index (χ3v) is 4.34. The van der Waals surface area contributed by atoms with Crippen LogP contribution < -0.4 is 0 Å². The standard InChI is InChI=1S/C14H16BrF2NO/c15-8-11-2-1-5-18(9-11)14(19)7-10-3-4-12(16)13(17)6-10/h3-4,6,11H,1-2,5,7-9H2. The molecule has 0 aliphatic carbocycles. The fourth-order valence-electron chi connectivity index (χ4n) is 2.35. The van der Waals surface area contributed by atoms with E-state index in [1.54, 1.807) is 0 Å². The number of carbonyl (C=O) groups is 1. The molecule has 0 aromatic heterocycles. The van der Waals surface area contributed by atoms with E-state index < -0.39 is 11.6 Å². The van der Waals surface area contributed by atoms with Crippen molar-refractivity contribution in [1.29, 1.82) is 0 Å². The smallest absolute Gasteiger partial charge is 0.227 e. The van der Waals surface area contributed by atoms with Crippen LogP contribution in [0.4, 0.5) is 8.78 Å². The molecule has 2 nitrogen and oxygen atoms in total. The first-order valence-electron chi connectivity index (χ1n) is 6.38. The van der Waals surface area contributed by atoms with E-state index in [9.17, 15) is 13.6 Å². The lowest BCUT2D eigenvalue weighted by atomic mass is 9.99. The van der Waals surface area contributed by atoms with E-state index >= 15 is 0 Å². The van der Waals surface area contributed by atoms with Crippen molar-refractivity contribution in [2.75, 3.05) is 18.4 Å². The molecule has 104 valence electrons. The van der Waals surface area contributed by atoms with Crippen molar-refractivity contribution >= 4 is 21.8 Å². The number of halogens is 3. The molecule has 1 aliphatic heterocycles. The summed E-state index contributed by atoms with van der Waals surface area (Å²) in [5.41, 5.74) is 0.518. The van der Waals surface area contributed by atoms with Crippen molar-refractivity contribution in [3.05, 3.63) is 35.4 Å². The Morgan fingerprint density at radius 3 is 2.84 bits per heavy atom. The Morgan fingerprint density at radius 1 is 1.37 bits per heavy atom. The van der Waals surface area contributed by atoms with Crippen LogP contribution >= 0.6 is 15.9 Å². The van der Waals surface area contributed by atoms with Gasteiger partial charge >= 0.3 is 0 Å². The summed E-state index contributed by atoms with van der Waals surface area (Å²) < 4.78 is 25.9. The summed E-state index contributed by atoms with van der Waals surface area (Å²) in [5.74, 6) is -1.31. The molecular formula is C14H16BrF2NO. The molecule has 2 rings (SSSR count). The van der Waals surface area contributed by atoms with E-state index in [1.807, 2.05) is 4.90 Å². The molecule has 0 N–H and O–H groups in total. The van der Waals surface area contributed by atoms with E-state index in [1.165, 1.54) is 6.07 Å². The van der Waals surface area contributed by atoms with Gasteiger partial charge in [0.2, 0.25) is 5.91 Å². The molecular weight excluding hydrogens is 316 g/mol. The van der Waals surface area contributed by atoms with Crippen molar-refractivity contribution < 1.29 is 13.6 Å². The molecule has 1 aromatic carbocycles. The highest BCUT2D eigenvalue weighted by Crippen LogP contribution is 2.19. The first-order chi connectivity index (χ1) is 9.10. The van der Waals surface area contributed by atoms with Gasteiger partial charge < -0.3 is 4.90 Å². The quantitative estimate of drug-likeness (QED) is 0.779. The molecule has 1 amide bonds. The predicted molar refractivity (Wildman–Crippen MR) is 73.2 cm³/mol. The maximum Gasteiger partial charge on any atom is 0.227 e. The van der Waals surface area contributed by atoms with Crippen molar-refractivity contribution in [2.24, 2.45) is 5.92 Å². The number of likely N-dealkylation sites (tertiary alicyclic amines) is 1. The molecule has 1 atom stereocenters. The van der Waals surface area contributed by atoms with Crippen LogP contribution in [0, 0.1) is 17.6 Å². The number of piperidine rings is 1. The van der Waals surface area contributed by atoms with Crippen molar-refractivity contribution in [2.45, 2.75) is 19.3 Å². The maximum atomic E-state index is 13.1. The largest absolute Gasteiger partial charge is 0.342 e. The van der Waals surface area contributed by atoms with E-state index in [0.29, 0.717) is 11.5 Å². The molecule has 1 fully saturated rings. The number of alkyl halides is 1. The molecule has 1 saturated heterocycles. The number of rotatable bonds is 3. The Bertz CT molecular complexity index is 467. The predicted octanol–water partition coefficient (Wildman–Crippen LogP) is 3.14. The highest BCUT2D eigenvalue weighted by atomic mass is 79.9. The summed E-state index contributed by atoms with van der Waals surface area (Å²) in [5, 5.41) is 0.891. The van der Waals surface area contributed by atoms with Crippen molar-refractivity contribution in [1.82, 2.24) is 4.90 Å². The first-order valence-corrected chi connectivity index (χ1v) is 7.50. The van der Waals surface area contributed by atoms with Gasteiger partial charge in [-0.15, -0.1) is 0 Å². The Hall–Kier alpha value is -0.970. The molecule has 1 aliphatic rings. The topological polar surface area (TPSA) is 20.3 Å². The van der Waals surface area contributed by atoms with Gasteiger partial charge in [0.15, 0.2) is 11.6 Å². The summed E-state index contributed by atoms with van der Waals surface area (Å²) in [6, 6.07) is 3.62. The molecule has 1 unspecified atom stereocenters. The fraction of sp³-hybridized carbons (Fsp3) is 0.500. The van der Waals surface area contributed by atoms with Crippen LogP contribution in [0.2, 0.25) is 0 Å². The number of nitrogens with zero attached hydrogens (tertiary/aromatic N) is 1.